The lowest BCUT2D eigenvalue weighted by Gasteiger charge is -2.17. The fourth-order valence-electron chi connectivity index (χ4n) is 2.76. The molecule has 1 N–H and O–H groups in total. The second-order valence-corrected chi connectivity index (χ2v) is 5.52. The van der Waals surface area contributed by atoms with E-state index in [9.17, 15) is 0 Å². The van der Waals surface area contributed by atoms with E-state index < -0.39 is 0 Å². The maximum absolute atomic E-state index is 6.29. The maximum Gasteiger partial charge on any atom is 0.162 e. The van der Waals surface area contributed by atoms with Crippen LogP contribution in [0.25, 0.3) is 0 Å². The Morgan fingerprint density at radius 3 is 2.47 bits per heavy atom. The quantitative estimate of drug-likeness (QED) is 0.871. The van der Waals surface area contributed by atoms with Gasteiger partial charge in [0, 0.05) is 18.2 Å². The highest BCUT2D eigenvalue weighted by atomic mass is 35.5. The zero-order valence-corrected chi connectivity index (χ0v) is 12.6. The molecule has 19 heavy (non-hydrogen) atoms. The summed E-state index contributed by atoms with van der Waals surface area (Å²) < 4.78 is 10.6. The summed E-state index contributed by atoms with van der Waals surface area (Å²) in [6.07, 6.45) is 5.00. The number of halogens is 1. The van der Waals surface area contributed by atoms with E-state index in [0.29, 0.717) is 22.6 Å². The Morgan fingerprint density at radius 1 is 1.21 bits per heavy atom. The first-order chi connectivity index (χ1) is 9.17. The Labute approximate surface area is 120 Å². The van der Waals surface area contributed by atoms with Gasteiger partial charge in [-0.25, -0.2) is 0 Å². The molecule has 1 aromatic carbocycles. The highest BCUT2D eigenvalue weighted by Crippen LogP contribution is 2.38. The molecule has 1 fully saturated rings. The Balaban J connectivity index is 2.12. The van der Waals surface area contributed by atoms with Gasteiger partial charge in [0.25, 0.3) is 0 Å². The summed E-state index contributed by atoms with van der Waals surface area (Å²) in [5.74, 6) is 2.21. The normalized spacial score (nSPS) is 22.3. The van der Waals surface area contributed by atoms with Crippen molar-refractivity contribution in [1.29, 1.82) is 0 Å². The summed E-state index contributed by atoms with van der Waals surface area (Å²) in [6.45, 7) is 2.26. The van der Waals surface area contributed by atoms with Gasteiger partial charge in [-0.1, -0.05) is 24.9 Å². The fourth-order valence-corrected chi connectivity index (χ4v) is 2.97. The van der Waals surface area contributed by atoms with Gasteiger partial charge in [0.15, 0.2) is 11.5 Å². The predicted molar refractivity (Wildman–Crippen MR) is 79.6 cm³/mol. The molecular weight excluding hydrogens is 262 g/mol. The van der Waals surface area contributed by atoms with Crippen LogP contribution < -0.4 is 14.8 Å². The molecule has 0 heterocycles. The van der Waals surface area contributed by atoms with Crippen molar-refractivity contribution in [3.8, 4) is 11.5 Å². The van der Waals surface area contributed by atoms with Crippen LogP contribution in [0.5, 0.6) is 11.5 Å². The smallest absolute Gasteiger partial charge is 0.162 e. The summed E-state index contributed by atoms with van der Waals surface area (Å²) >= 11 is 6.29. The van der Waals surface area contributed by atoms with Crippen LogP contribution in [0.2, 0.25) is 5.02 Å². The molecule has 1 aliphatic rings. The fraction of sp³-hybridized carbons (Fsp3) is 0.600. The summed E-state index contributed by atoms with van der Waals surface area (Å²) in [4.78, 5) is 0. The molecule has 106 valence electrons. The van der Waals surface area contributed by atoms with Gasteiger partial charge in [-0.3, -0.25) is 0 Å². The number of nitrogens with one attached hydrogen (secondary N) is 1. The molecule has 1 aromatic rings. The number of rotatable bonds is 5. The van der Waals surface area contributed by atoms with E-state index >= 15 is 0 Å². The van der Waals surface area contributed by atoms with E-state index in [2.05, 4.69) is 12.2 Å². The van der Waals surface area contributed by atoms with Crippen molar-refractivity contribution in [3.05, 3.63) is 17.2 Å². The van der Waals surface area contributed by atoms with Crippen LogP contribution in [0.3, 0.4) is 0 Å². The number of anilines is 1. The van der Waals surface area contributed by atoms with Crippen LogP contribution in [0.1, 0.15) is 32.6 Å². The Kier molecular flexibility index (Phi) is 4.81. The molecule has 2 rings (SSSR count). The van der Waals surface area contributed by atoms with Gasteiger partial charge in [0.1, 0.15) is 0 Å². The molecule has 2 atom stereocenters. The summed E-state index contributed by atoms with van der Waals surface area (Å²) in [7, 11) is 3.25. The van der Waals surface area contributed by atoms with Gasteiger partial charge in [-0.15, -0.1) is 0 Å². The van der Waals surface area contributed by atoms with Crippen molar-refractivity contribution in [2.24, 2.45) is 5.92 Å². The molecule has 0 aromatic heterocycles. The minimum Gasteiger partial charge on any atom is -0.493 e. The van der Waals surface area contributed by atoms with Gasteiger partial charge in [0.2, 0.25) is 0 Å². The van der Waals surface area contributed by atoms with Crippen LogP contribution in [-0.2, 0) is 0 Å². The van der Waals surface area contributed by atoms with E-state index in [1.165, 1.54) is 25.7 Å². The number of ether oxygens (including phenoxy) is 2. The lowest BCUT2D eigenvalue weighted by molar-refractivity contribution is 0.355. The van der Waals surface area contributed by atoms with Crippen molar-refractivity contribution in [1.82, 2.24) is 0 Å². The van der Waals surface area contributed by atoms with Crippen molar-refractivity contribution in [3.63, 3.8) is 0 Å². The largest absolute Gasteiger partial charge is 0.493 e. The highest BCUT2D eigenvalue weighted by Gasteiger charge is 2.24. The monoisotopic (exact) mass is 283 g/mol. The Hall–Kier alpha value is -1.09. The average molecular weight is 284 g/mol. The first-order valence-electron chi connectivity index (χ1n) is 6.86. The van der Waals surface area contributed by atoms with Crippen molar-refractivity contribution in [2.45, 2.75) is 38.6 Å². The lowest BCUT2D eigenvalue weighted by Crippen LogP contribution is -2.15. The van der Waals surface area contributed by atoms with Crippen molar-refractivity contribution in [2.75, 3.05) is 19.5 Å². The Morgan fingerprint density at radius 2 is 1.89 bits per heavy atom. The van der Waals surface area contributed by atoms with Crippen molar-refractivity contribution < 1.29 is 9.47 Å². The SMILES string of the molecule is CCC1CCC(Nc2cc(OC)c(OC)cc2Cl)C1. The third-order valence-electron chi connectivity index (χ3n) is 3.95. The number of benzene rings is 1. The first kappa shape index (κ1) is 14.3. The minimum absolute atomic E-state index is 0.514. The molecule has 0 amide bonds. The third-order valence-corrected chi connectivity index (χ3v) is 4.26. The third kappa shape index (κ3) is 3.27. The molecular formula is C15H22ClNO2. The molecule has 0 bridgehead atoms. The van der Waals surface area contributed by atoms with Gasteiger partial charge in [-0.05, 0) is 25.2 Å². The van der Waals surface area contributed by atoms with E-state index in [-0.39, 0.29) is 0 Å². The van der Waals surface area contributed by atoms with E-state index in [1.54, 1.807) is 20.3 Å². The summed E-state index contributed by atoms with van der Waals surface area (Å²) in [5.41, 5.74) is 0.932. The predicted octanol–water partition coefficient (Wildman–Crippen LogP) is 4.35. The van der Waals surface area contributed by atoms with Crippen LogP contribution in [0.4, 0.5) is 5.69 Å². The lowest BCUT2D eigenvalue weighted by atomic mass is 10.1. The van der Waals surface area contributed by atoms with Gasteiger partial charge >= 0.3 is 0 Å². The van der Waals surface area contributed by atoms with Crippen LogP contribution >= 0.6 is 11.6 Å². The highest BCUT2D eigenvalue weighted by molar-refractivity contribution is 6.33. The molecule has 1 aliphatic carbocycles. The molecule has 0 saturated heterocycles. The zero-order chi connectivity index (χ0) is 13.8. The second kappa shape index (κ2) is 6.38. The zero-order valence-electron chi connectivity index (χ0n) is 11.8. The minimum atomic E-state index is 0.514. The molecule has 0 spiro atoms. The molecule has 3 nitrogen and oxygen atoms in total. The van der Waals surface area contributed by atoms with E-state index in [1.807, 2.05) is 6.07 Å². The van der Waals surface area contributed by atoms with Crippen LogP contribution in [-0.4, -0.2) is 20.3 Å². The molecule has 4 heteroatoms. The molecule has 0 aliphatic heterocycles. The summed E-state index contributed by atoms with van der Waals surface area (Å²) in [6, 6.07) is 4.23. The van der Waals surface area contributed by atoms with Crippen LogP contribution in [0, 0.1) is 5.92 Å². The van der Waals surface area contributed by atoms with E-state index in [0.717, 1.165) is 11.6 Å². The molecule has 2 unspecified atom stereocenters. The molecule has 1 saturated carbocycles. The maximum atomic E-state index is 6.29. The topological polar surface area (TPSA) is 30.5 Å². The summed E-state index contributed by atoms with van der Waals surface area (Å²) in [5, 5.41) is 4.21. The van der Waals surface area contributed by atoms with Gasteiger partial charge in [-0.2, -0.15) is 0 Å². The Bertz CT molecular complexity index is 436. The van der Waals surface area contributed by atoms with E-state index in [4.69, 9.17) is 21.1 Å². The second-order valence-electron chi connectivity index (χ2n) is 5.12. The molecule has 0 radical (unpaired) electrons. The van der Waals surface area contributed by atoms with Gasteiger partial charge < -0.3 is 14.8 Å². The van der Waals surface area contributed by atoms with Gasteiger partial charge in [0.05, 0.1) is 24.9 Å². The number of methoxy groups -OCH3 is 2. The number of hydrogen-bond donors (Lipinski definition) is 1. The average Bonchev–Trinajstić information content (AvgIpc) is 2.88. The van der Waals surface area contributed by atoms with Crippen LogP contribution in [0.15, 0.2) is 12.1 Å². The van der Waals surface area contributed by atoms with Crippen molar-refractivity contribution >= 4 is 17.3 Å². The first-order valence-corrected chi connectivity index (χ1v) is 7.23. The number of hydrogen-bond acceptors (Lipinski definition) is 3. The standard InChI is InChI=1S/C15H22ClNO2/c1-4-10-5-6-11(7-10)17-13-9-15(19-3)14(18-2)8-12(13)16/h8-11,17H,4-7H2,1-3H3.